The zero-order chi connectivity index (χ0) is 19.9. The van der Waals surface area contributed by atoms with Crippen LogP contribution in [0.15, 0.2) is 61.1 Å². The number of para-hydroxylation sites is 1. The van der Waals surface area contributed by atoms with Crippen LogP contribution < -0.4 is 10.5 Å². The predicted octanol–water partition coefficient (Wildman–Crippen LogP) is 2.27. The number of hydrogen-bond acceptors (Lipinski definition) is 7. The van der Waals surface area contributed by atoms with E-state index in [1.807, 2.05) is 0 Å². The molecule has 0 fully saturated rings. The first-order chi connectivity index (χ1) is 13.3. The summed E-state index contributed by atoms with van der Waals surface area (Å²) in [5.41, 5.74) is 0.230. The highest BCUT2D eigenvalue weighted by Crippen LogP contribution is 2.22. The van der Waals surface area contributed by atoms with E-state index in [1.54, 1.807) is 6.92 Å². The Bertz CT molecular complexity index is 1340. The minimum absolute atomic E-state index is 0.00272. The molecule has 4 rings (SSSR count). The molecule has 0 amide bonds. The summed E-state index contributed by atoms with van der Waals surface area (Å²) >= 11 is 0. The van der Waals surface area contributed by atoms with E-state index >= 15 is 0 Å². The van der Waals surface area contributed by atoms with Crippen molar-refractivity contribution in [3.63, 3.8) is 0 Å². The number of nitrogens with zero attached hydrogens (tertiary/aromatic N) is 3. The van der Waals surface area contributed by atoms with Crippen molar-refractivity contribution in [2.45, 2.75) is 18.4 Å². The van der Waals surface area contributed by atoms with Crippen LogP contribution in [0.25, 0.3) is 11.1 Å². The summed E-state index contributed by atoms with van der Waals surface area (Å²) in [6.45, 7) is 1.62. The van der Waals surface area contributed by atoms with Crippen molar-refractivity contribution >= 4 is 26.8 Å². The number of sulfonamides is 1. The third-order valence-electron chi connectivity index (χ3n) is 3.94. The number of anilines is 1. The van der Waals surface area contributed by atoms with Crippen LogP contribution in [0.4, 0.5) is 10.1 Å². The molecule has 0 spiro atoms. The van der Waals surface area contributed by atoms with Crippen molar-refractivity contribution in [2.24, 2.45) is 0 Å². The molecule has 0 radical (unpaired) electrons. The highest BCUT2D eigenvalue weighted by atomic mass is 32.2. The minimum Gasteiger partial charge on any atom is -0.408 e. The molecule has 0 aliphatic carbocycles. The fourth-order valence-electron chi connectivity index (χ4n) is 2.66. The Kier molecular flexibility index (Phi) is 4.23. The smallest absolute Gasteiger partial charge is 0.408 e. The van der Waals surface area contributed by atoms with Crippen molar-refractivity contribution in [3.05, 3.63) is 70.5 Å². The Morgan fingerprint density at radius 2 is 2.00 bits per heavy atom. The van der Waals surface area contributed by atoms with E-state index in [0.29, 0.717) is 11.4 Å². The molecule has 9 nitrogen and oxygen atoms in total. The number of benzene rings is 2. The van der Waals surface area contributed by atoms with Crippen LogP contribution in [0.2, 0.25) is 0 Å². The Balaban J connectivity index is 1.70. The number of halogens is 1. The van der Waals surface area contributed by atoms with Gasteiger partial charge < -0.3 is 8.94 Å². The van der Waals surface area contributed by atoms with Crippen molar-refractivity contribution < 1.29 is 21.7 Å². The number of rotatable bonds is 5. The monoisotopic (exact) mass is 404 g/mol. The summed E-state index contributed by atoms with van der Waals surface area (Å²) in [6, 6.07) is 9.29. The van der Waals surface area contributed by atoms with Crippen LogP contribution in [0.5, 0.6) is 0 Å². The lowest BCUT2D eigenvalue weighted by Gasteiger charge is -2.08. The average Bonchev–Trinajstić information content (AvgIpc) is 3.20. The SMILES string of the molecule is Cc1nc(Cn2c(=O)oc3cc(S(=O)(=O)Nc4ccccc4F)ccc32)no1. The number of aryl methyl sites for hydroxylation is 1. The first-order valence-electron chi connectivity index (χ1n) is 8.03. The van der Waals surface area contributed by atoms with Crippen molar-refractivity contribution in [3.8, 4) is 0 Å². The maximum atomic E-state index is 13.7. The fraction of sp³-hybridized carbons (Fsp3) is 0.118. The van der Waals surface area contributed by atoms with Crippen molar-refractivity contribution in [2.75, 3.05) is 4.72 Å². The van der Waals surface area contributed by atoms with Crippen LogP contribution in [-0.2, 0) is 16.6 Å². The van der Waals surface area contributed by atoms with Gasteiger partial charge in [-0.3, -0.25) is 9.29 Å². The Labute approximate surface area is 157 Å². The molecule has 0 saturated heterocycles. The molecule has 0 saturated carbocycles. The number of aromatic nitrogens is 3. The molecular weight excluding hydrogens is 391 g/mol. The predicted molar refractivity (Wildman–Crippen MR) is 95.8 cm³/mol. The number of hydrogen-bond donors (Lipinski definition) is 1. The van der Waals surface area contributed by atoms with E-state index in [0.717, 1.165) is 6.07 Å². The number of nitrogens with one attached hydrogen (secondary N) is 1. The van der Waals surface area contributed by atoms with E-state index in [4.69, 9.17) is 8.94 Å². The summed E-state index contributed by atoms with van der Waals surface area (Å²) in [7, 11) is -4.09. The zero-order valence-corrected chi connectivity index (χ0v) is 15.2. The lowest BCUT2D eigenvalue weighted by Crippen LogP contribution is -2.16. The second kappa shape index (κ2) is 6.60. The summed E-state index contributed by atoms with van der Waals surface area (Å²) in [5, 5.41) is 3.72. The van der Waals surface area contributed by atoms with E-state index in [1.165, 1.54) is 41.0 Å². The molecule has 0 bridgehead atoms. The van der Waals surface area contributed by atoms with E-state index in [2.05, 4.69) is 14.9 Å². The molecule has 0 unspecified atom stereocenters. The van der Waals surface area contributed by atoms with Crippen LogP contribution in [0, 0.1) is 12.7 Å². The summed E-state index contributed by atoms with van der Waals surface area (Å²) in [5.74, 6) is -0.780. The molecule has 28 heavy (non-hydrogen) atoms. The minimum atomic E-state index is -4.09. The Morgan fingerprint density at radius 3 is 2.71 bits per heavy atom. The second-order valence-corrected chi connectivity index (χ2v) is 7.58. The zero-order valence-electron chi connectivity index (χ0n) is 14.4. The first kappa shape index (κ1) is 17.9. The molecule has 0 atom stereocenters. The van der Waals surface area contributed by atoms with E-state index < -0.39 is 21.6 Å². The van der Waals surface area contributed by atoms with Gasteiger partial charge in [-0.05, 0) is 24.3 Å². The topological polar surface area (TPSA) is 120 Å². The summed E-state index contributed by atoms with van der Waals surface area (Å²) in [4.78, 5) is 16.0. The van der Waals surface area contributed by atoms with Gasteiger partial charge in [-0.15, -0.1) is 0 Å². The van der Waals surface area contributed by atoms with Crippen LogP contribution in [-0.4, -0.2) is 23.1 Å². The van der Waals surface area contributed by atoms with Gasteiger partial charge >= 0.3 is 5.76 Å². The highest BCUT2D eigenvalue weighted by Gasteiger charge is 2.20. The maximum Gasteiger partial charge on any atom is 0.420 e. The van der Waals surface area contributed by atoms with Gasteiger partial charge in [0.2, 0.25) is 5.89 Å². The van der Waals surface area contributed by atoms with Gasteiger partial charge in [-0.25, -0.2) is 17.6 Å². The third kappa shape index (κ3) is 3.27. The second-order valence-electron chi connectivity index (χ2n) is 5.90. The molecule has 4 aromatic rings. The Morgan fingerprint density at radius 1 is 1.21 bits per heavy atom. The Hall–Kier alpha value is -3.47. The van der Waals surface area contributed by atoms with E-state index in [-0.39, 0.29) is 28.5 Å². The summed E-state index contributed by atoms with van der Waals surface area (Å²) < 4.78 is 52.3. The van der Waals surface area contributed by atoms with Gasteiger partial charge in [0.1, 0.15) is 5.82 Å². The quantitative estimate of drug-likeness (QED) is 0.542. The maximum absolute atomic E-state index is 13.7. The summed E-state index contributed by atoms with van der Waals surface area (Å²) in [6.07, 6.45) is 0. The van der Waals surface area contributed by atoms with Crippen LogP contribution in [0.3, 0.4) is 0 Å². The molecule has 11 heteroatoms. The molecule has 0 aliphatic rings. The number of fused-ring (bicyclic) bond motifs is 1. The highest BCUT2D eigenvalue weighted by molar-refractivity contribution is 7.92. The molecule has 144 valence electrons. The molecule has 0 aliphatic heterocycles. The molecular formula is C17H13FN4O5S. The van der Waals surface area contributed by atoms with Crippen molar-refractivity contribution in [1.82, 2.24) is 14.7 Å². The molecule has 2 aromatic carbocycles. The van der Waals surface area contributed by atoms with Gasteiger partial charge in [-0.2, -0.15) is 4.98 Å². The van der Waals surface area contributed by atoms with Crippen molar-refractivity contribution in [1.29, 1.82) is 0 Å². The lowest BCUT2D eigenvalue weighted by molar-refractivity contribution is 0.385. The van der Waals surface area contributed by atoms with E-state index in [9.17, 15) is 17.6 Å². The van der Waals surface area contributed by atoms with Crippen LogP contribution in [0.1, 0.15) is 11.7 Å². The van der Waals surface area contributed by atoms with Gasteiger partial charge in [0.25, 0.3) is 10.0 Å². The van der Waals surface area contributed by atoms with Gasteiger partial charge in [0.05, 0.1) is 22.6 Å². The largest absolute Gasteiger partial charge is 0.420 e. The van der Waals surface area contributed by atoms with Crippen LogP contribution >= 0.6 is 0 Å². The normalized spacial score (nSPS) is 11.8. The molecule has 2 aromatic heterocycles. The molecule has 1 N–H and O–H groups in total. The number of oxazole rings is 1. The fourth-order valence-corrected chi connectivity index (χ4v) is 3.74. The lowest BCUT2D eigenvalue weighted by atomic mass is 10.3. The van der Waals surface area contributed by atoms with Gasteiger partial charge in [0.15, 0.2) is 11.4 Å². The molecule has 2 heterocycles. The third-order valence-corrected chi connectivity index (χ3v) is 5.30. The average molecular weight is 404 g/mol. The van der Waals surface area contributed by atoms with Gasteiger partial charge in [-0.1, -0.05) is 17.3 Å². The van der Waals surface area contributed by atoms with Gasteiger partial charge in [0, 0.05) is 13.0 Å². The standard InChI is InChI=1S/C17H13FN4O5S/c1-10-19-16(20-27-10)9-22-14-7-6-11(8-15(14)26-17(22)23)28(24,25)21-13-5-3-2-4-12(13)18/h2-8,21H,9H2,1H3. The first-order valence-corrected chi connectivity index (χ1v) is 9.52.